The van der Waals surface area contributed by atoms with Crippen molar-refractivity contribution in [3.8, 4) is 5.75 Å². The standard InChI is InChI=1S/C31H39BrN9O2P/c1-20-17-25(27(43-2)18-26(20)41-13-7-21(8-14-41)40-15-11-33-12-16-40)38-31-36-19-22(32)30(39-31)37-24-6-5-23-28(35-10-9-34-23)29(24)44(3,4)42/h5-6,9-10,17-19,21,33H,7-8,11-16H2,1-4H3,(H2,36,37,38,39). The molecule has 6 rings (SSSR count). The Bertz CT molecular complexity index is 1700. The first-order valence-corrected chi connectivity index (χ1v) is 18.3. The molecule has 0 aliphatic carbocycles. The second-order valence-electron chi connectivity index (χ2n) is 11.7. The van der Waals surface area contributed by atoms with Crippen molar-refractivity contribution in [1.82, 2.24) is 30.2 Å². The summed E-state index contributed by atoms with van der Waals surface area (Å²) in [5.74, 6) is 1.65. The van der Waals surface area contributed by atoms with Gasteiger partial charge >= 0.3 is 0 Å². The fraction of sp³-hybridized carbons (Fsp3) is 0.419. The third-order valence-corrected chi connectivity index (χ3v) is 10.5. The van der Waals surface area contributed by atoms with Crippen LogP contribution < -0.4 is 30.9 Å². The number of ether oxygens (including phenoxy) is 1. The molecule has 0 bridgehead atoms. The Morgan fingerprint density at radius 3 is 2.48 bits per heavy atom. The number of fused-ring (bicyclic) bond motifs is 1. The first-order valence-electron chi connectivity index (χ1n) is 15.0. The first-order chi connectivity index (χ1) is 21.2. The van der Waals surface area contributed by atoms with Gasteiger partial charge in [0.1, 0.15) is 24.2 Å². The van der Waals surface area contributed by atoms with E-state index in [4.69, 9.17) is 9.72 Å². The van der Waals surface area contributed by atoms with E-state index in [1.54, 1.807) is 39.0 Å². The largest absolute Gasteiger partial charge is 0.494 e. The topological polar surface area (TPSA) is 120 Å². The van der Waals surface area contributed by atoms with Gasteiger partial charge in [-0.15, -0.1) is 0 Å². The molecule has 0 saturated carbocycles. The number of aromatic nitrogens is 4. The number of hydrogen-bond donors (Lipinski definition) is 3. The Balaban J connectivity index is 1.22. The van der Waals surface area contributed by atoms with E-state index < -0.39 is 7.14 Å². The number of piperidine rings is 1. The molecule has 0 atom stereocenters. The Kier molecular flexibility index (Phi) is 9.05. The zero-order chi connectivity index (χ0) is 30.8. The van der Waals surface area contributed by atoms with E-state index in [1.807, 2.05) is 12.1 Å². The summed E-state index contributed by atoms with van der Waals surface area (Å²) < 4.78 is 19.9. The van der Waals surface area contributed by atoms with Crippen LogP contribution in [-0.2, 0) is 4.57 Å². The van der Waals surface area contributed by atoms with Crippen molar-refractivity contribution in [1.29, 1.82) is 0 Å². The highest BCUT2D eigenvalue weighted by molar-refractivity contribution is 9.10. The molecule has 232 valence electrons. The van der Waals surface area contributed by atoms with Crippen LogP contribution in [0.3, 0.4) is 0 Å². The summed E-state index contributed by atoms with van der Waals surface area (Å²) >= 11 is 3.57. The predicted octanol–water partition coefficient (Wildman–Crippen LogP) is 5.11. The Morgan fingerprint density at radius 2 is 1.75 bits per heavy atom. The van der Waals surface area contributed by atoms with Gasteiger partial charge in [0.25, 0.3) is 0 Å². The van der Waals surface area contributed by atoms with E-state index in [-0.39, 0.29) is 0 Å². The highest BCUT2D eigenvalue weighted by atomic mass is 79.9. The number of benzene rings is 2. The quantitative estimate of drug-likeness (QED) is 0.216. The minimum absolute atomic E-state index is 0.399. The fourth-order valence-electron chi connectivity index (χ4n) is 6.23. The lowest BCUT2D eigenvalue weighted by Crippen LogP contribution is -2.52. The normalized spacial score (nSPS) is 16.7. The molecule has 2 aromatic heterocycles. The van der Waals surface area contributed by atoms with Gasteiger partial charge in [0.2, 0.25) is 5.95 Å². The van der Waals surface area contributed by atoms with Gasteiger partial charge in [0.15, 0.2) is 0 Å². The van der Waals surface area contributed by atoms with Crippen molar-refractivity contribution in [2.45, 2.75) is 25.8 Å². The Labute approximate surface area is 266 Å². The maximum absolute atomic E-state index is 13.4. The summed E-state index contributed by atoms with van der Waals surface area (Å²) in [6, 6.07) is 8.60. The molecule has 2 saturated heterocycles. The van der Waals surface area contributed by atoms with Gasteiger partial charge in [0, 0.05) is 75.7 Å². The third-order valence-electron chi connectivity index (χ3n) is 8.39. The molecule has 2 aliphatic heterocycles. The molecule has 2 aromatic carbocycles. The van der Waals surface area contributed by atoms with E-state index in [2.05, 4.69) is 75.7 Å². The van der Waals surface area contributed by atoms with Crippen LogP contribution in [0.2, 0.25) is 0 Å². The highest BCUT2D eigenvalue weighted by Crippen LogP contribution is 2.41. The number of nitrogens with zero attached hydrogens (tertiary/aromatic N) is 6. The number of hydrogen-bond acceptors (Lipinski definition) is 11. The van der Waals surface area contributed by atoms with Crippen molar-refractivity contribution in [2.75, 3.05) is 75.2 Å². The van der Waals surface area contributed by atoms with Gasteiger partial charge in [-0.3, -0.25) is 14.9 Å². The van der Waals surface area contributed by atoms with E-state index in [1.165, 1.54) is 18.5 Å². The second-order valence-corrected chi connectivity index (χ2v) is 15.7. The molecule has 2 fully saturated rings. The zero-order valence-corrected chi connectivity index (χ0v) is 28.1. The van der Waals surface area contributed by atoms with Gasteiger partial charge in [-0.1, -0.05) is 0 Å². The Hall–Kier alpha value is -3.31. The van der Waals surface area contributed by atoms with Crippen LogP contribution in [0, 0.1) is 6.92 Å². The van der Waals surface area contributed by atoms with Crippen molar-refractivity contribution < 1.29 is 9.30 Å². The molecular formula is C31H39BrN9O2P. The van der Waals surface area contributed by atoms with Crippen LogP contribution in [0.4, 0.5) is 28.8 Å². The SMILES string of the molecule is COc1cc(N2CCC(N3CCNCC3)CC2)c(C)cc1Nc1ncc(Br)c(Nc2ccc3nccnc3c2P(C)(C)=O)n1. The molecule has 3 N–H and O–H groups in total. The van der Waals surface area contributed by atoms with Crippen LogP contribution in [0.15, 0.2) is 47.3 Å². The van der Waals surface area contributed by atoms with Gasteiger partial charge in [-0.2, -0.15) is 4.98 Å². The highest BCUT2D eigenvalue weighted by Gasteiger charge is 2.27. The third kappa shape index (κ3) is 6.54. The lowest BCUT2D eigenvalue weighted by atomic mass is 10.0. The molecule has 13 heteroatoms. The average Bonchev–Trinajstić information content (AvgIpc) is 3.02. The molecule has 4 heterocycles. The van der Waals surface area contributed by atoms with Crippen molar-refractivity contribution in [3.05, 3.63) is 52.9 Å². The van der Waals surface area contributed by atoms with Gasteiger partial charge in [0.05, 0.1) is 33.8 Å². The number of halogens is 1. The number of aryl methyl sites for hydroxylation is 1. The van der Waals surface area contributed by atoms with Crippen molar-refractivity contribution in [2.24, 2.45) is 0 Å². The maximum atomic E-state index is 13.4. The van der Waals surface area contributed by atoms with E-state index in [0.717, 1.165) is 56.3 Å². The summed E-state index contributed by atoms with van der Waals surface area (Å²) in [5, 5.41) is 10.8. The van der Waals surface area contributed by atoms with Crippen molar-refractivity contribution >= 4 is 68.2 Å². The molecule has 0 amide bonds. The molecule has 0 spiro atoms. The van der Waals surface area contributed by atoms with E-state index in [9.17, 15) is 4.57 Å². The molecule has 11 nitrogen and oxygen atoms in total. The van der Waals surface area contributed by atoms with Crippen LogP contribution in [-0.4, -0.2) is 90.6 Å². The van der Waals surface area contributed by atoms with E-state index >= 15 is 0 Å². The van der Waals surface area contributed by atoms with Crippen LogP contribution in [0.5, 0.6) is 5.75 Å². The van der Waals surface area contributed by atoms with Gasteiger partial charge in [-0.25, -0.2) is 4.98 Å². The lowest BCUT2D eigenvalue weighted by molar-refractivity contribution is 0.150. The summed E-state index contributed by atoms with van der Waals surface area (Å²) in [6.45, 7) is 12.1. The summed E-state index contributed by atoms with van der Waals surface area (Å²) in [6.07, 6.45) is 7.27. The van der Waals surface area contributed by atoms with Gasteiger partial charge in [-0.05, 0) is 72.8 Å². The van der Waals surface area contributed by atoms with Crippen molar-refractivity contribution in [3.63, 3.8) is 0 Å². The molecular weight excluding hydrogens is 641 g/mol. The predicted molar refractivity (Wildman–Crippen MR) is 182 cm³/mol. The smallest absolute Gasteiger partial charge is 0.229 e. The van der Waals surface area contributed by atoms with Gasteiger partial charge < -0.3 is 30.2 Å². The average molecular weight is 681 g/mol. The number of nitrogens with one attached hydrogen (secondary N) is 3. The van der Waals surface area contributed by atoms with Crippen LogP contribution in [0.1, 0.15) is 18.4 Å². The lowest BCUT2D eigenvalue weighted by Gasteiger charge is -2.41. The Morgan fingerprint density at radius 1 is 1.00 bits per heavy atom. The minimum Gasteiger partial charge on any atom is -0.494 e. The summed E-state index contributed by atoms with van der Waals surface area (Å²) in [4.78, 5) is 23.3. The number of methoxy groups -OCH3 is 1. The molecule has 0 unspecified atom stereocenters. The molecule has 4 aromatic rings. The molecule has 44 heavy (non-hydrogen) atoms. The van der Waals surface area contributed by atoms with Crippen LogP contribution in [0.25, 0.3) is 11.0 Å². The van der Waals surface area contributed by atoms with E-state index in [0.29, 0.717) is 44.3 Å². The maximum Gasteiger partial charge on any atom is 0.229 e. The minimum atomic E-state index is -2.73. The monoisotopic (exact) mass is 679 g/mol. The molecule has 2 aliphatic rings. The van der Waals surface area contributed by atoms with Crippen LogP contribution >= 0.6 is 23.1 Å². The number of anilines is 5. The summed E-state index contributed by atoms with van der Waals surface area (Å²) in [5.41, 5.74) is 5.11. The first kappa shape index (κ1) is 30.7. The number of piperazine rings is 1. The number of rotatable bonds is 8. The molecule has 0 radical (unpaired) electrons. The second kappa shape index (κ2) is 13.0. The summed E-state index contributed by atoms with van der Waals surface area (Å²) in [7, 11) is -1.04. The fourth-order valence-corrected chi connectivity index (χ4v) is 7.92. The zero-order valence-electron chi connectivity index (χ0n) is 25.6.